The monoisotopic (exact) mass is 382 g/mol. The van der Waals surface area contributed by atoms with Gasteiger partial charge in [0.25, 0.3) is 0 Å². The van der Waals surface area contributed by atoms with E-state index in [2.05, 4.69) is 82.1 Å². The van der Waals surface area contributed by atoms with E-state index in [1.165, 1.54) is 27.4 Å². The Labute approximate surface area is 148 Å². The first kappa shape index (κ1) is 14.7. The number of para-hydroxylation sites is 2. The number of benzene rings is 3. The number of hydrogen-bond acceptors (Lipinski definition) is 0. The Bertz CT molecular complexity index is 999. The molecule has 3 aromatic carbocycles. The average molecular weight is 384 g/mol. The molecule has 0 aliphatic carbocycles. The van der Waals surface area contributed by atoms with Gasteiger partial charge in [0, 0.05) is 27.2 Å². The summed E-state index contributed by atoms with van der Waals surface area (Å²) in [7, 11) is 2.12. The Morgan fingerprint density at radius 3 is 1.96 bits per heavy atom. The Kier molecular flexibility index (Phi) is 3.59. The highest BCUT2D eigenvalue weighted by molar-refractivity contribution is 9.10. The highest BCUT2D eigenvalue weighted by Crippen LogP contribution is 2.38. The first-order chi connectivity index (χ1) is 11.2. The van der Waals surface area contributed by atoms with Crippen molar-refractivity contribution < 1.29 is 4.57 Å². The van der Waals surface area contributed by atoms with Gasteiger partial charge in [0.15, 0.2) is 0 Å². The zero-order valence-electron chi connectivity index (χ0n) is 12.6. The van der Waals surface area contributed by atoms with Crippen LogP contribution >= 0.6 is 27.5 Å². The first-order valence-electron chi connectivity index (χ1n) is 7.42. The lowest BCUT2D eigenvalue weighted by molar-refractivity contribution is -0.617. The number of aromatic nitrogens is 1. The van der Waals surface area contributed by atoms with Gasteiger partial charge in [0.2, 0.25) is 11.0 Å². The fourth-order valence-corrected chi connectivity index (χ4v) is 4.09. The summed E-state index contributed by atoms with van der Waals surface area (Å²) in [5.74, 6) is 0. The van der Waals surface area contributed by atoms with E-state index in [0.717, 1.165) is 15.1 Å². The predicted octanol–water partition coefficient (Wildman–Crippen LogP) is 5.90. The van der Waals surface area contributed by atoms with E-state index in [9.17, 15) is 0 Å². The number of pyridine rings is 1. The molecule has 0 saturated carbocycles. The van der Waals surface area contributed by atoms with E-state index in [0.29, 0.717) is 0 Å². The lowest BCUT2D eigenvalue weighted by atomic mass is 9.96. The number of aryl methyl sites for hydroxylation is 1. The maximum absolute atomic E-state index is 6.13. The quantitative estimate of drug-likeness (QED) is 0.284. The summed E-state index contributed by atoms with van der Waals surface area (Å²) in [5, 5.41) is 3.20. The van der Waals surface area contributed by atoms with Crippen molar-refractivity contribution >= 4 is 49.3 Å². The van der Waals surface area contributed by atoms with Crippen LogP contribution in [0.4, 0.5) is 0 Å². The summed E-state index contributed by atoms with van der Waals surface area (Å²) in [4.78, 5) is 0. The van der Waals surface area contributed by atoms with Crippen molar-refractivity contribution in [1.82, 2.24) is 0 Å². The summed E-state index contributed by atoms with van der Waals surface area (Å²) in [6, 6.07) is 23.0. The second-order valence-electron chi connectivity index (χ2n) is 5.59. The maximum Gasteiger partial charge on any atom is 0.213 e. The molecular formula is C20H14BrClN+. The van der Waals surface area contributed by atoms with Crippen molar-refractivity contribution in [2.75, 3.05) is 0 Å². The second kappa shape index (κ2) is 5.63. The molecule has 0 radical (unpaired) electrons. The van der Waals surface area contributed by atoms with E-state index in [1.54, 1.807) is 0 Å². The maximum atomic E-state index is 6.13. The lowest BCUT2D eigenvalue weighted by Crippen LogP contribution is -2.30. The number of rotatable bonds is 1. The Balaban J connectivity index is 2.25. The van der Waals surface area contributed by atoms with E-state index in [1.807, 2.05) is 12.1 Å². The molecule has 112 valence electrons. The number of fused-ring (bicyclic) bond motifs is 2. The van der Waals surface area contributed by atoms with Gasteiger partial charge >= 0.3 is 0 Å². The highest BCUT2D eigenvalue weighted by atomic mass is 79.9. The van der Waals surface area contributed by atoms with Gasteiger partial charge in [0.1, 0.15) is 7.05 Å². The fourth-order valence-electron chi connectivity index (χ4n) is 3.21. The van der Waals surface area contributed by atoms with E-state index in [-0.39, 0.29) is 0 Å². The minimum absolute atomic E-state index is 0.732. The highest BCUT2D eigenvalue weighted by Gasteiger charge is 2.19. The van der Waals surface area contributed by atoms with Crippen molar-refractivity contribution in [3.05, 3.63) is 76.2 Å². The van der Waals surface area contributed by atoms with Gasteiger partial charge in [-0.05, 0) is 29.8 Å². The third-order valence-electron chi connectivity index (χ3n) is 4.27. The molecule has 0 spiro atoms. The minimum Gasteiger partial charge on any atom is -0.194 e. The van der Waals surface area contributed by atoms with Crippen LogP contribution in [0.1, 0.15) is 0 Å². The molecule has 23 heavy (non-hydrogen) atoms. The molecule has 1 aromatic heterocycles. The van der Waals surface area contributed by atoms with Crippen LogP contribution in [-0.2, 0) is 7.05 Å². The third-order valence-corrected chi connectivity index (χ3v) is 5.16. The molecule has 4 aromatic rings. The molecule has 0 fully saturated rings. The fraction of sp³-hybridized carbons (Fsp3) is 0.0500. The third kappa shape index (κ3) is 2.34. The summed E-state index contributed by atoms with van der Waals surface area (Å²) < 4.78 is 3.26. The van der Waals surface area contributed by atoms with Crippen LogP contribution < -0.4 is 4.57 Å². The van der Waals surface area contributed by atoms with E-state index < -0.39 is 0 Å². The normalized spacial score (nSPS) is 11.3. The topological polar surface area (TPSA) is 3.88 Å². The molecular weight excluding hydrogens is 370 g/mol. The van der Waals surface area contributed by atoms with Crippen molar-refractivity contribution in [3.8, 4) is 11.1 Å². The van der Waals surface area contributed by atoms with Gasteiger partial charge in [-0.15, -0.1) is 0 Å². The van der Waals surface area contributed by atoms with Crippen molar-refractivity contribution in [1.29, 1.82) is 0 Å². The van der Waals surface area contributed by atoms with E-state index >= 15 is 0 Å². The number of halogens is 2. The molecule has 4 rings (SSSR count). The van der Waals surface area contributed by atoms with Gasteiger partial charge in [-0.3, -0.25) is 0 Å². The van der Waals surface area contributed by atoms with Crippen molar-refractivity contribution in [3.63, 3.8) is 0 Å². The Morgan fingerprint density at radius 2 is 1.39 bits per heavy atom. The Morgan fingerprint density at radius 1 is 0.826 bits per heavy atom. The molecule has 3 heteroatoms. The van der Waals surface area contributed by atoms with Crippen LogP contribution in [0.15, 0.2) is 71.2 Å². The first-order valence-corrected chi connectivity index (χ1v) is 8.59. The molecule has 0 unspecified atom stereocenters. The standard InChI is InChI=1S/C20H14BrClN/c1-23-18-8-4-2-6-15(18)20(16-7-3-5-9-19(16)23)14-11-10-13(22)12-17(14)21/h2-12H,1H3/q+1. The van der Waals surface area contributed by atoms with Gasteiger partial charge in [0.05, 0.1) is 10.8 Å². The molecule has 0 aliphatic rings. The van der Waals surface area contributed by atoms with Gasteiger partial charge in [-0.2, -0.15) is 4.57 Å². The van der Waals surface area contributed by atoms with Crippen molar-refractivity contribution in [2.24, 2.45) is 7.05 Å². The van der Waals surface area contributed by atoms with E-state index in [4.69, 9.17) is 11.6 Å². The SMILES string of the molecule is C[n+]1c2ccccc2c(-c2ccc(Cl)cc2Br)c2ccccc21. The lowest BCUT2D eigenvalue weighted by Gasteiger charge is -2.12. The number of nitrogens with zero attached hydrogens (tertiary/aromatic N) is 1. The van der Waals surface area contributed by atoms with Crippen LogP contribution in [0.3, 0.4) is 0 Å². The summed E-state index contributed by atoms with van der Waals surface area (Å²) in [5.41, 5.74) is 4.81. The molecule has 0 aliphatic heterocycles. The zero-order valence-corrected chi connectivity index (χ0v) is 14.9. The predicted molar refractivity (Wildman–Crippen MR) is 101 cm³/mol. The molecule has 0 bridgehead atoms. The molecule has 0 amide bonds. The van der Waals surface area contributed by atoms with Gasteiger partial charge in [-0.1, -0.05) is 57.9 Å². The van der Waals surface area contributed by atoms with Crippen LogP contribution in [0.25, 0.3) is 32.9 Å². The Hall–Kier alpha value is -1.90. The smallest absolute Gasteiger partial charge is 0.194 e. The molecule has 0 atom stereocenters. The summed E-state index contributed by atoms with van der Waals surface area (Å²) >= 11 is 9.81. The molecule has 0 N–H and O–H groups in total. The van der Waals surface area contributed by atoms with Crippen LogP contribution in [0.5, 0.6) is 0 Å². The molecule has 0 saturated heterocycles. The molecule has 1 heterocycles. The molecule has 1 nitrogen and oxygen atoms in total. The zero-order chi connectivity index (χ0) is 16.0. The van der Waals surface area contributed by atoms with Gasteiger partial charge in [-0.25, -0.2) is 0 Å². The summed E-state index contributed by atoms with van der Waals surface area (Å²) in [6.07, 6.45) is 0. The van der Waals surface area contributed by atoms with Gasteiger partial charge < -0.3 is 0 Å². The minimum atomic E-state index is 0.732. The average Bonchev–Trinajstić information content (AvgIpc) is 2.57. The summed E-state index contributed by atoms with van der Waals surface area (Å²) in [6.45, 7) is 0. The second-order valence-corrected chi connectivity index (χ2v) is 6.88. The van der Waals surface area contributed by atoms with Crippen LogP contribution in [-0.4, -0.2) is 0 Å². The largest absolute Gasteiger partial charge is 0.213 e. The number of hydrogen-bond donors (Lipinski definition) is 0. The van der Waals surface area contributed by atoms with Crippen LogP contribution in [0.2, 0.25) is 5.02 Å². The van der Waals surface area contributed by atoms with Crippen molar-refractivity contribution in [2.45, 2.75) is 0 Å². The van der Waals surface area contributed by atoms with Crippen LogP contribution in [0, 0.1) is 0 Å².